The molecule has 2 aromatic carbocycles. The van der Waals surface area contributed by atoms with Crippen molar-refractivity contribution in [2.24, 2.45) is 5.10 Å². The Hall–Kier alpha value is -3.55. The highest BCUT2D eigenvalue weighted by atomic mass is 16.6. The third kappa shape index (κ3) is 7.33. The van der Waals surface area contributed by atoms with Crippen molar-refractivity contribution < 1.29 is 24.2 Å². The molecule has 1 aliphatic rings. The van der Waals surface area contributed by atoms with Crippen LogP contribution in [0.5, 0.6) is 17.2 Å². The van der Waals surface area contributed by atoms with E-state index in [1.165, 1.54) is 6.07 Å². The molecule has 3 rings (SSSR count). The van der Waals surface area contributed by atoms with Gasteiger partial charge in [-0.25, -0.2) is 5.43 Å². The molecule has 0 radical (unpaired) electrons. The molecule has 0 bridgehead atoms. The molecule has 2 aromatic rings. The van der Waals surface area contributed by atoms with Gasteiger partial charge in [0, 0.05) is 12.8 Å². The molecule has 8 heteroatoms. The summed E-state index contributed by atoms with van der Waals surface area (Å²) in [4.78, 5) is 23.8. The summed E-state index contributed by atoms with van der Waals surface area (Å²) < 4.78 is 11.0. The number of para-hydroxylation sites is 2. The van der Waals surface area contributed by atoms with Crippen LogP contribution in [0, 0.1) is 0 Å². The van der Waals surface area contributed by atoms with Crippen LogP contribution in [0.3, 0.4) is 0 Å². The molecule has 0 aliphatic carbocycles. The largest absolute Gasteiger partial charge is 0.506 e. The van der Waals surface area contributed by atoms with E-state index in [1.54, 1.807) is 24.4 Å². The molecule has 164 valence electrons. The maximum atomic E-state index is 11.9. The number of hydrogen-bond acceptors (Lipinski definition) is 6. The average molecular weight is 425 g/mol. The molecule has 0 aromatic heterocycles. The first-order valence-corrected chi connectivity index (χ1v) is 10.4. The highest BCUT2D eigenvalue weighted by molar-refractivity contribution is 5.92. The van der Waals surface area contributed by atoms with Gasteiger partial charge < -0.3 is 19.9 Å². The van der Waals surface area contributed by atoms with Crippen LogP contribution >= 0.6 is 0 Å². The van der Waals surface area contributed by atoms with Crippen LogP contribution in [0.15, 0.2) is 47.6 Å². The molecule has 0 spiro atoms. The Bertz CT molecular complexity index is 929. The van der Waals surface area contributed by atoms with Gasteiger partial charge in [0.15, 0.2) is 11.5 Å². The molecule has 31 heavy (non-hydrogen) atoms. The van der Waals surface area contributed by atoms with Crippen LogP contribution in [-0.2, 0) is 9.59 Å². The van der Waals surface area contributed by atoms with Gasteiger partial charge in [-0.05, 0) is 48.7 Å². The lowest BCUT2D eigenvalue weighted by atomic mass is 10.1. The van der Waals surface area contributed by atoms with Crippen molar-refractivity contribution in [1.29, 1.82) is 0 Å². The number of phenols is 1. The van der Waals surface area contributed by atoms with Crippen LogP contribution in [0.4, 0.5) is 5.69 Å². The molecule has 3 N–H and O–H groups in total. The number of phenolic OH excluding ortho intramolecular Hbond substituents is 1. The molecule has 0 saturated heterocycles. The van der Waals surface area contributed by atoms with Gasteiger partial charge in [-0.1, -0.05) is 25.0 Å². The predicted octanol–water partition coefficient (Wildman–Crippen LogP) is 3.59. The van der Waals surface area contributed by atoms with Gasteiger partial charge in [-0.3, -0.25) is 9.59 Å². The van der Waals surface area contributed by atoms with Gasteiger partial charge in [-0.15, -0.1) is 0 Å². The average Bonchev–Trinajstić information content (AvgIpc) is 2.77. The van der Waals surface area contributed by atoms with Crippen molar-refractivity contribution in [2.45, 2.75) is 38.5 Å². The van der Waals surface area contributed by atoms with Gasteiger partial charge in [0.25, 0.3) is 0 Å². The molecular formula is C23H27N3O5. The second-order valence-corrected chi connectivity index (χ2v) is 7.18. The standard InChI is InChI=1S/C23H27N3O5/c27-19-8-6-5-7-18(19)25-22(28)9-3-1-2-4-10-23(29)26-24-16-17-11-12-20-21(15-17)31-14-13-30-20/h5-8,11-12,15-16,27H,1-4,9-10,13-14H2,(H,25,28)(H,26,29). The van der Waals surface area contributed by atoms with E-state index in [0.717, 1.165) is 31.2 Å². The molecule has 8 nitrogen and oxygen atoms in total. The number of amides is 2. The fourth-order valence-electron chi connectivity index (χ4n) is 3.09. The third-order valence-corrected chi connectivity index (χ3v) is 4.70. The number of benzene rings is 2. The zero-order valence-corrected chi connectivity index (χ0v) is 17.3. The number of carbonyl (C=O) groups is 2. The number of anilines is 1. The first-order chi connectivity index (χ1) is 15.1. The van der Waals surface area contributed by atoms with E-state index in [1.807, 2.05) is 18.2 Å². The lowest BCUT2D eigenvalue weighted by Gasteiger charge is -2.18. The van der Waals surface area contributed by atoms with E-state index >= 15 is 0 Å². The maximum Gasteiger partial charge on any atom is 0.240 e. The predicted molar refractivity (Wildman–Crippen MR) is 118 cm³/mol. The molecule has 2 amide bonds. The lowest BCUT2D eigenvalue weighted by Crippen LogP contribution is -2.17. The van der Waals surface area contributed by atoms with E-state index in [4.69, 9.17) is 9.47 Å². The Morgan fingerprint density at radius 1 is 0.935 bits per heavy atom. The first kappa shape index (κ1) is 22.1. The number of hydrogen-bond donors (Lipinski definition) is 3. The van der Waals surface area contributed by atoms with E-state index in [9.17, 15) is 14.7 Å². The summed E-state index contributed by atoms with van der Waals surface area (Å²) in [6.07, 6.45) is 5.48. The summed E-state index contributed by atoms with van der Waals surface area (Å²) in [6.45, 7) is 1.06. The molecule has 1 heterocycles. The van der Waals surface area contributed by atoms with Crippen LogP contribution in [0.2, 0.25) is 0 Å². The van der Waals surface area contributed by atoms with Crippen LogP contribution in [-0.4, -0.2) is 36.3 Å². The van der Waals surface area contributed by atoms with Gasteiger partial charge in [0.1, 0.15) is 19.0 Å². The monoisotopic (exact) mass is 425 g/mol. The van der Waals surface area contributed by atoms with E-state index in [-0.39, 0.29) is 17.6 Å². The Morgan fingerprint density at radius 3 is 2.42 bits per heavy atom. The zero-order chi connectivity index (χ0) is 21.9. The molecule has 1 aliphatic heterocycles. The number of nitrogens with one attached hydrogen (secondary N) is 2. The molecule has 0 unspecified atom stereocenters. The van der Waals surface area contributed by atoms with E-state index < -0.39 is 0 Å². The number of fused-ring (bicyclic) bond motifs is 1. The summed E-state index contributed by atoms with van der Waals surface area (Å²) in [7, 11) is 0. The number of aromatic hydroxyl groups is 1. The zero-order valence-electron chi connectivity index (χ0n) is 17.3. The number of rotatable bonds is 10. The van der Waals surface area contributed by atoms with Crippen LogP contribution < -0.4 is 20.2 Å². The number of unbranched alkanes of at least 4 members (excludes halogenated alkanes) is 3. The highest BCUT2D eigenvalue weighted by Crippen LogP contribution is 2.30. The smallest absolute Gasteiger partial charge is 0.240 e. The highest BCUT2D eigenvalue weighted by Gasteiger charge is 2.11. The lowest BCUT2D eigenvalue weighted by molar-refractivity contribution is -0.121. The van der Waals surface area contributed by atoms with Crippen molar-refractivity contribution in [1.82, 2.24) is 5.43 Å². The maximum absolute atomic E-state index is 11.9. The Balaban J connectivity index is 1.25. The van der Waals surface area contributed by atoms with Crippen molar-refractivity contribution in [3.05, 3.63) is 48.0 Å². The Kier molecular flexibility index (Phi) is 8.28. The topological polar surface area (TPSA) is 109 Å². The Morgan fingerprint density at radius 2 is 1.65 bits per heavy atom. The fraction of sp³-hybridized carbons (Fsp3) is 0.348. The summed E-state index contributed by atoms with van der Waals surface area (Å²) in [5.74, 6) is 1.16. The van der Waals surface area contributed by atoms with Crippen molar-refractivity contribution in [2.75, 3.05) is 18.5 Å². The number of nitrogens with zero attached hydrogens (tertiary/aromatic N) is 1. The second-order valence-electron chi connectivity index (χ2n) is 7.18. The molecular weight excluding hydrogens is 398 g/mol. The van der Waals surface area contributed by atoms with Gasteiger partial charge in [-0.2, -0.15) is 5.10 Å². The SMILES string of the molecule is O=C(CCCCCCC(=O)Nc1ccccc1O)NN=Cc1ccc2c(c1)OCCO2. The summed E-state index contributed by atoms with van der Waals surface area (Å²) in [5.41, 5.74) is 3.75. The summed E-state index contributed by atoms with van der Waals surface area (Å²) >= 11 is 0. The normalized spacial score (nSPS) is 12.5. The van der Waals surface area contributed by atoms with Crippen molar-refractivity contribution >= 4 is 23.7 Å². The summed E-state index contributed by atoms with van der Waals surface area (Å²) in [5, 5.41) is 16.3. The van der Waals surface area contributed by atoms with Gasteiger partial charge in [0.05, 0.1) is 11.9 Å². The second kappa shape index (κ2) is 11.6. The quantitative estimate of drug-likeness (QED) is 0.233. The minimum Gasteiger partial charge on any atom is -0.506 e. The third-order valence-electron chi connectivity index (χ3n) is 4.70. The minimum absolute atomic E-state index is 0.0542. The number of ether oxygens (including phenoxy) is 2. The molecule has 0 atom stereocenters. The van der Waals surface area contributed by atoms with Crippen molar-refractivity contribution in [3.8, 4) is 17.2 Å². The molecule has 0 fully saturated rings. The van der Waals surface area contributed by atoms with Crippen LogP contribution in [0.25, 0.3) is 0 Å². The Labute approximate surface area is 181 Å². The number of carbonyl (C=O) groups excluding carboxylic acids is 2. The van der Waals surface area contributed by atoms with E-state index in [2.05, 4.69) is 15.8 Å². The van der Waals surface area contributed by atoms with Gasteiger partial charge >= 0.3 is 0 Å². The van der Waals surface area contributed by atoms with E-state index in [0.29, 0.717) is 43.2 Å². The van der Waals surface area contributed by atoms with Gasteiger partial charge in [0.2, 0.25) is 11.8 Å². The first-order valence-electron chi connectivity index (χ1n) is 10.4. The minimum atomic E-state index is -0.147. The number of hydrazone groups is 1. The van der Waals surface area contributed by atoms with Crippen LogP contribution in [0.1, 0.15) is 44.1 Å². The summed E-state index contributed by atoms with van der Waals surface area (Å²) in [6, 6.07) is 12.1. The fourth-order valence-corrected chi connectivity index (χ4v) is 3.09. The molecule has 0 saturated carbocycles. The van der Waals surface area contributed by atoms with Crippen molar-refractivity contribution in [3.63, 3.8) is 0 Å².